The maximum absolute atomic E-state index is 12.6. The van der Waals surface area contributed by atoms with Crippen LogP contribution in [-0.4, -0.2) is 226 Å². The Morgan fingerprint density at radius 1 is 0.388 bits per heavy atom. The van der Waals surface area contributed by atoms with E-state index in [2.05, 4.69) is 104 Å². The molecule has 0 aliphatic carbocycles. The van der Waals surface area contributed by atoms with E-state index in [1.807, 2.05) is 6.92 Å². The second-order valence-electron chi connectivity index (χ2n) is 36.0. The number of methoxy groups -OCH3 is 9. The van der Waals surface area contributed by atoms with Crippen molar-refractivity contribution in [2.45, 2.75) is 445 Å². The minimum absolute atomic E-state index is 0.0233. The number of unbranched alkanes of at least 4 members (excludes halogenated alkanes) is 33. The highest BCUT2D eigenvalue weighted by Gasteiger charge is 2.44. The van der Waals surface area contributed by atoms with Crippen molar-refractivity contribution in [3.8, 4) is 0 Å². The highest BCUT2D eigenvalue weighted by atomic mass is 16.7. The van der Waals surface area contributed by atoms with Gasteiger partial charge in [-0.3, -0.25) is 9.59 Å². The average molecular weight is 1730 g/mol. The molecule has 3 fully saturated rings. The van der Waals surface area contributed by atoms with Crippen molar-refractivity contribution in [2.75, 3.05) is 117 Å². The number of ether oxygens (including phenoxy) is 15. The molecule has 0 aromatic heterocycles. The summed E-state index contributed by atoms with van der Waals surface area (Å²) in [5.74, 6) is 2.40. The van der Waals surface area contributed by atoms with Gasteiger partial charge in [0.1, 0.15) is 12.2 Å². The van der Waals surface area contributed by atoms with E-state index in [1.165, 1.54) is 212 Å². The summed E-state index contributed by atoms with van der Waals surface area (Å²) in [4.78, 5) is 25.3. The van der Waals surface area contributed by atoms with E-state index < -0.39 is 12.0 Å². The first-order valence-electron chi connectivity index (χ1n) is 48.9. The number of rotatable bonds is 72. The predicted molar refractivity (Wildman–Crippen MR) is 493 cm³/mol. The summed E-state index contributed by atoms with van der Waals surface area (Å²) in [6, 6.07) is -1.14. The van der Waals surface area contributed by atoms with Crippen LogP contribution in [0, 0.1) is 53.3 Å². The Balaban J connectivity index is 0.00000172. The number of carbonyl (C=O) groups excluding carboxylic acids is 1. The van der Waals surface area contributed by atoms with Crippen molar-refractivity contribution in [1.29, 1.82) is 0 Å². The molecule has 1 amide bonds. The molecule has 0 aromatic rings. The summed E-state index contributed by atoms with van der Waals surface area (Å²) in [5.41, 5.74) is 15.8. The maximum atomic E-state index is 12.6. The Bertz CT molecular complexity index is 2380. The van der Waals surface area contributed by atoms with E-state index in [9.17, 15) is 15.1 Å². The Morgan fingerprint density at radius 2 is 0.678 bits per heavy atom. The number of amides is 1. The lowest BCUT2D eigenvalue weighted by Gasteiger charge is -2.44. The standard InChI is InChI=1S/C33H66N2O6.C30H59N3O5.C30H61NO5.C4H8O2/c1-9-10-11-12-13-14-15-16-17-18-19-20-21-29(38-7)32(39-8)28(35-31(36)22-34-5)23-40-33-27(4)25(2)26(3)30(41-33)24-37-6;1-8-9-10-11-12-13-14-15-16-17-18-19-20-27(35-6)29(36-7)26(32-33-31)21-37-30-25(4)23(2)24(3)28(38-30)22-34-5;1-8-9-10-11-12-13-14-15-16-17-18-19-20-27(33-6)29(34-7)26(31)21-35-30-25(4)23(2)24(3)28(36-30)22-32-5;1-2-3-4(5)6/h25-30,32-34H,9-24H2,1-8H3,(H,35,36);23-30H,8-22H2,1-7H3;23-30H,8-22,31H2,1-7H3;2-3H2,1H3,(H,5,6)/t25-,26+,27?,28-,29+,30?,32-,33-;2*23-,24+,25?,26-,27+,28?,29-,30-;/m000./s1. The number of aliphatic carboxylic acids is 1. The van der Waals surface area contributed by atoms with Crippen LogP contribution in [-0.2, 0) is 80.6 Å². The summed E-state index contributed by atoms with van der Waals surface area (Å²) >= 11 is 0. The molecule has 24 atom stereocenters. The molecule has 3 rings (SSSR count). The monoisotopic (exact) mass is 1730 g/mol. The minimum Gasteiger partial charge on any atom is -0.481 e. The lowest BCUT2D eigenvalue weighted by atomic mass is 9.79. The fourth-order valence-corrected chi connectivity index (χ4v) is 17.4. The fourth-order valence-electron chi connectivity index (χ4n) is 17.4. The minimum atomic E-state index is -0.711. The molecule has 3 aliphatic rings. The maximum Gasteiger partial charge on any atom is 0.303 e. The van der Waals surface area contributed by atoms with Gasteiger partial charge in [0.05, 0.1) is 107 Å². The van der Waals surface area contributed by atoms with E-state index in [4.69, 9.17) is 81.9 Å². The Morgan fingerprint density at radius 3 is 0.942 bits per heavy atom. The van der Waals surface area contributed by atoms with Crippen LogP contribution >= 0.6 is 0 Å². The fraction of sp³-hybridized carbons (Fsp3) is 0.979. The molecule has 0 spiro atoms. The number of hydrogen-bond acceptors (Lipinski definition) is 20. The third-order valence-electron chi connectivity index (χ3n) is 26.7. The van der Waals surface area contributed by atoms with Gasteiger partial charge in [-0.05, 0) is 73.8 Å². The molecular formula is C97H194N6O18. The van der Waals surface area contributed by atoms with Crippen molar-refractivity contribution in [2.24, 2.45) is 64.1 Å². The Kier molecular flexibility index (Phi) is 77.0. The van der Waals surface area contributed by atoms with Crippen molar-refractivity contribution in [3.63, 3.8) is 0 Å². The zero-order valence-electron chi connectivity index (χ0n) is 82.1. The Hall–Kier alpha value is -2.43. The third-order valence-corrected chi connectivity index (χ3v) is 26.7. The molecule has 0 saturated carbocycles. The lowest BCUT2D eigenvalue weighted by Crippen LogP contribution is -2.55. The number of nitrogens with zero attached hydrogens (tertiary/aromatic N) is 3. The van der Waals surface area contributed by atoms with Gasteiger partial charge in [-0.15, -0.1) is 0 Å². The van der Waals surface area contributed by atoms with Gasteiger partial charge in [-0.1, -0.05) is 326 Å². The molecule has 0 aromatic carbocycles. The topological polar surface area (TPSA) is 292 Å². The van der Waals surface area contributed by atoms with Crippen LogP contribution in [0.4, 0.5) is 0 Å². The summed E-state index contributed by atoms with van der Waals surface area (Å²) in [7, 11) is 17.1. The van der Waals surface area contributed by atoms with Crippen LogP contribution in [0.25, 0.3) is 10.4 Å². The molecule has 6 unspecified atom stereocenters. The largest absolute Gasteiger partial charge is 0.481 e. The second kappa shape index (κ2) is 78.6. The van der Waals surface area contributed by atoms with E-state index in [0.717, 1.165) is 44.9 Å². The zero-order chi connectivity index (χ0) is 90.4. The van der Waals surface area contributed by atoms with E-state index >= 15 is 0 Å². The quantitative estimate of drug-likeness (QED) is 0.0190. The molecule has 5 N–H and O–H groups in total. The van der Waals surface area contributed by atoms with Gasteiger partial charge < -0.3 is 92.5 Å². The number of likely N-dealkylation sites (N-methyl/N-ethyl adjacent to an activating group) is 1. The van der Waals surface area contributed by atoms with Crippen LogP contribution in [0.5, 0.6) is 0 Å². The molecule has 0 bridgehead atoms. The first kappa shape index (κ1) is 119. The summed E-state index contributed by atoms with van der Waals surface area (Å²) < 4.78 is 88.9. The molecule has 121 heavy (non-hydrogen) atoms. The van der Waals surface area contributed by atoms with E-state index in [0.29, 0.717) is 74.3 Å². The number of nitrogens with one attached hydrogen (secondary N) is 2. The highest BCUT2D eigenvalue weighted by Crippen LogP contribution is 2.39. The molecule has 24 heteroatoms. The number of carbonyl (C=O) groups is 2. The van der Waals surface area contributed by atoms with Gasteiger partial charge >= 0.3 is 5.97 Å². The van der Waals surface area contributed by atoms with Gasteiger partial charge in [-0.2, -0.15) is 0 Å². The molecular weight excluding hydrogens is 1540 g/mol. The summed E-state index contributed by atoms with van der Waals surface area (Å²) in [5, 5.41) is 18.0. The van der Waals surface area contributed by atoms with Crippen molar-refractivity contribution >= 4 is 11.9 Å². The number of carboxylic acids is 1. The van der Waals surface area contributed by atoms with Crippen molar-refractivity contribution < 1.29 is 85.7 Å². The Labute approximate surface area is 741 Å². The highest BCUT2D eigenvalue weighted by molar-refractivity contribution is 5.78. The summed E-state index contributed by atoms with van der Waals surface area (Å²) in [6.07, 6.45) is 49.1. The van der Waals surface area contributed by atoms with Gasteiger partial charge in [0.25, 0.3) is 0 Å². The van der Waals surface area contributed by atoms with Crippen molar-refractivity contribution in [1.82, 2.24) is 10.6 Å². The average Bonchev–Trinajstić information content (AvgIpc) is 0.828. The van der Waals surface area contributed by atoms with Gasteiger partial charge in [0, 0.05) is 93.1 Å². The van der Waals surface area contributed by atoms with Crippen LogP contribution in [0.1, 0.15) is 353 Å². The lowest BCUT2D eigenvalue weighted by molar-refractivity contribution is -0.259. The van der Waals surface area contributed by atoms with E-state index in [1.54, 1.807) is 71.0 Å². The second-order valence-corrected chi connectivity index (χ2v) is 36.0. The third kappa shape index (κ3) is 52.7. The summed E-state index contributed by atoms with van der Waals surface area (Å²) in [6.45, 7) is 31.3. The number of azide groups is 1. The number of hydrogen-bond donors (Lipinski definition) is 4. The molecule has 24 nitrogen and oxygen atoms in total. The molecule has 3 heterocycles. The van der Waals surface area contributed by atoms with Crippen molar-refractivity contribution in [3.05, 3.63) is 10.4 Å². The number of carboxylic acid groups (broad SMARTS) is 1. The SMILES string of the molecule is CCCC(=O)O.CCCCCCCCCCCCCC[C@@H](OC)[C@@H](OC)[C@@H](N)CO[C@H]1OC(COC)[C@H](C)[C@H](C)C1C.CCCCCCCCCCCCCC[C@@H](OC)[C@@H](OC)[C@H](CO[C@H]1OC(COC)[C@H](C)[C@H](C)C1C)N=[N+]=[N-].CCCCCCCCCCCCCC[C@@H](OC)[C@@H](OC)[C@H](CO[C@H]1OC(COC)[C@H](C)[C@H](C)C1C)NC(=O)CNC. The van der Waals surface area contributed by atoms with Crippen LogP contribution in [0.3, 0.4) is 0 Å². The van der Waals surface area contributed by atoms with Gasteiger partial charge in [0.15, 0.2) is 18.9 Å². The van der Waals surface area contributed by atoms with Crippen LogP contribution in [0.15, 0.2) is 5.11 Å². The molecule has 3 aliphatic heterocycles. The first-order valence-corrected chi connectivity index (χ1v) is 48.9. The molecule has 720 valence electrons. The molecule has 0 radical (unpaired) electrons. The molecule has 3 saturated heterocycles. The first-order chi connectivity index (χ1) is 58.5. The van der Waals surface area contributed by atoms with E-state index in [-0.39, 0.29) is 123 Å². The number of nitrogens with two attached hydrogens (primary N) is 1. The smallest absolute Gasteiger partial charge is 0.303 e. The van der Waals surface area contributed by atoms with Gasteiger partial charge in [0.2, 0.25) is 5.91 Å². The zero-order valence-corrected chi connectivity index (χ0v) is 82.1. The van der Waals surface area contributed by atoms with Crippen LogP contribution < -0.4 is 16.4 Å². The van der Waals surface area contributed by atoms with Crippen LogP contribution in [0.2, 0.25) is 0 Å². The van der Waals surface area contributed by atoms with Gasteiger partial charge in [-0.25, -0.2) is 0 Å². The normalized spacial score (nSPS) is 25.2. The predicted octanol–water partition coefficient (Wildman–Crippen LogP) is 21.8.